The maximum Gasteiger partial charge on any atom is 0.0168 e. The number of hydrogen-bond acceptors (Lipinski definition) is 0. The fourth-order valence-electron chi connectivity index (χ4n) is 4.48. The lowest BCUT2D eigenvalue weighted by Crippen LogP contribution is -2.29. The van der Waals surface area contributed by atoms with Crippen molar-refractivity contribution in [3.63, 3.8) is 0 Å². The lowest BCUT2D eigenvalue weighted by molar-refractivity contribution is 0.343. The normalized spacial score (nSPS) is 22.1. The van der Waals surface area contributed by atoms with Gasteiger partial charge in [-0.1, -0.05) is 69.0 Å². The van der Waals surface area contributed by atoms with Crippen LogP contribution >= 0.6 is 0 Å². The molecule has 0 spiro atoms. The molecule has 19 heavy (non-hydrogen) atoms. The molecule has 0 N–H and O–H groups in total. The van der Waals surface area contributed by atoms with Gasteiger partial charge in [0.2, 0.25) is 0 Å². The van der Waals surface area contributed by atoms with E-state index in [1.807, 2.05) is 0 Å². The minimum atomic E-state index is 0.346. The van der Waals surface area contributed by atoms with E-state index < -0.39 is 0 Å². The second-order valence-corrected chi connectivity index (χ2v) is 6.31. The van der Waals surface area contributed by atoms with Gasteiger partial charge in [0.25, 0.3) is 0 Å². The van der Waals surface area contributed by atoms with Gasteiger partial charge < -0.3 is 0 Å². The highest BCUT2D eigenvalue weighted by Gasteiger charge is 2.41. The van der Waals surface area contributed by atoms with Crippen LogP contribution in [0, 0.1) is 5.92 Å². The fourth-order valence-corrected chi connectivity index (χ4v) is 4.48. The van der Waals surface area contributed by atoms with Gasteiger partial charge >= 0.3 is 0 Å². The summed E-state index contributed by atoms with van der Waals surface area (Å²) in [5.74, 6) is 0.848. The topological polar surface area (TPSA) is 0 Å². The van der Waals surface area contributed by atoms with E-state index in [2.05, 4.69) is 44.2 Å². The van der Waals surface area contributed by atoms with Crippen LogP contribution in [0.25, 0.3) is 6.08 Å². The van der Waals surface area contributed by atoms with E-state index in [4.69, 9.17) is 0 Å². The van der Waals surface area contributed by atoms with E-state index in [1.165, 1.54) is 50.5 Å². The Morgan fingerprint density at radius 1 is 1.00 bits per heavy atom. The molecule has 2 aliphatic carbocycles. The van der Waals surface area contributed by atoms with Gasteiger partial charge in [0.15, 0.2) is 0 Å². The van der Waals surface area contributed by atoms with E-state index in [0.717, 1.165) is 5.92 Å². The van der Waals surface area contributed by atoms with E-state index in [1.54, 1.807) is 11.1 Å². The summed E-state index contributed by atoms with van der Waals surface area (Å²) < 4.78 is 0. The zero-order valence-corrected chi connectivity index (χ0v) is 12.4. The van der Waals surface area contributed by atoms with E-state index in [9.17, 15) is 0 Å². The maximum atomic E-state index is 2.54. The van der Waals surface area contributed by atoms with Gasteiger partial charge in [0.1, 0.15) is 0 Å². The summed E-state index contributed by atoms with van der Waals surface area (Å²) >= 11 is 0. The highest BCUT2D eigenvalue weighted by molar-refractivity contribution is 5.70. The first-order chi connectivity index (χ1) is 9.31. The van der Waals surface area contributed by atoms with E-state index in [0.29, 0.717) is 5.41 Å². The van der Waals surface area contributed by atoms with Crippen LogP contribution in [0.3, 0.4) is 0 Å². The van der Waals surface area contributed by atoms with Crippen LogP contribution in [0.1, 0.15) is 69.9 Å². The van der Waals surface area contributed by atoms with Crippen molar-refractivity contribution in [2.24, 2.45) is 5.92 Å². The van der Waals surface area contributed by atoms with Crippen molar-refractivity contribution >= 4 is 6.08 Å². The molecule has 1 aromatic carbocycles. The Balaban J connectivity index is 2.04. The van der Waals surface area contributed by atoms with Crippen LogP contribution in [0.15, 0.2) is 29.8 Å². The number of allylic oxidation sites excluding steroid dienone is 1. The first kappa shape index (κ1) is 13.0. The van der Waals surface area contributed by atoms with Crippen LogP contribution < -0.4 is 0 Å². The van der Waals surface area contributed by atoms with Crippen molar-refractivity contribution in [3.05, 3.63) is 41.0 Å². The highest BCUT2D eigenvalue weighted by atomic mass is 14.4. The standard InChI is InChI=1S/C19H26/c1-3-19(4-2)17-13-9-8-12-16(17)14-18(19)15-10-6-5-7-11-15/h8-9,12-15H,3-7,10-11H2,1-2H3. The molecule has 0 saturated heterocycles. The molecule has 0 heterocycles. The summed E-state index contributed by atoms with van der Waals surface area (Å²) in [7, 11) is 0. The minimum absolute atomic E-state index is 0.346. The molecule has 0 nitrogen and oxygen atoms in total. The Morgan fingerprint density at radius 2 is 1.68 bits per heavy atom. The molecule has 102 valence electrons. The van der Waals surface area contributed by atoms with Gasteiger partial charge in [-0.3, -0.25) is 0 Å². The van der Waals surface area contributed by atoms with E-state index >= 15 is 0 Å². The molecule has 1 saturated carbocycles. The second kappa shape index (κ2) is 5.15. The first-order valence-electron chi connectivity index (χ1n) is 8.13. The Kier molecular flexibility index (Phi) is 3.52. The highest BCUT2D eigenvalue weighted by Crippen LogP contribution is 2.51. The molecule has 0 aromatic heterocycles. The van der Waals surface area contributed by atoms with Gasteiger partial charge in [0, 0.05) is 5.41 Å². The molecule has 0 radical (unpaired) electrons. The summed E-state index contributed by atoms with van der Waals surface area (Å²) in [6.07, 6.45) is 12.2. The quantitative estimate of drug-likeness (QED) is 0.647. The lowest BCUT2D eigenvalue weighted by atomic mass is 9.66. The van der Waals surface area contributed by atoms with Crippen molar-refractivity contribution in [1.82, 2.24) is 0 Å². The lowest BCUT2D eigenvalue weighted by Gasteiger charge is -2.37. The number of rotatable bonds is 3. The van der Waals surface area contributed by atoms with Crippen LogP contribution in [0.2, 0.25) is 0 Å². The first-order valence-corrected chi connectivity index (χ1v) is 8.13. The third kappa shape index (κ3) is 1.96. The van der Waals surface area contributed by atoms with Crippen LogP contribution in [0.4, 0.5) is 0 Å². The molecular weight excluding hydrogens is 228 g/mol. The number of hydrogen-bond donors (Lipinski definition) is 0. The average Bonchev–Trinajstić information content (AvgIpc) is 2.83. The van der Waals surface area contributed by atoms with Crippen molar-refractivity contribution < 1.29 is 0 Å². The van der Waals surface area contributed by atoms with Crippen LogP contribution in [-0.4, -0.2) is 0 Å². The van der Waals surface area contributed by atoms with E-state index in [-0.39, 0.29) is 0 Å². The largest absolute Gasteiger partial charge is 0.0642 e. The summed E-state index contributed by atoms with van der Waals surface area (Å²) in [4.78, 5) is 0. The molecule has 0 heteroatoms. The van der Waals surface area contributed by atoms with Crippen LogP contribution in [0.5, 0.6) is 0 Å². The van der Waals surface area contributed by atoms with Crippen molar-refractivity contribution in [3.8, 4) is 0 Å². The molecular formula is C19H26. The van der Waals surface area contributed by atoms with Crippen molar-refractivity contribution in [2.75, 3.05) is 0 Å². The predicted octanol–water partition coefficient (Wildman–Crippen LogP) is 5.72. The summed E-state index contributed by atoms with van der Waals surface area (Å²) in [5, 5.41) is 0. The molecule has 0 atom stereocenters. The number of fused-ring (bicyclic) bond motifs is 1. The zero-order chi connectivity index (χ0) is 13.3. The van der Waals surface area contributed by atoms with Gasteiger partial charge in [0.05, 0.1) is 0 Å². The Morgan fingerprint density at radius 3 is 2.37 bits per heavy atom. The Bertz CT molecular complexity index is 471. The molecule has 0 amide bonds. The molecule has 0 aliphatic heterocycles. The zero-order valence-electron chi connectivity index (χ0n) is 12.4. The Hall–Kier alpha value is -1.04. The average molecular weight is 254 g/mol. The second-order valence-electron chi connectivity index (χ2n) is 6.31. The van der Waals surface area contributed by atoms with Gasteiger partial charge in [-0.2, -0.15) is 0 Å². The van der Waals surface area contributed by atoms with Crippen molar-refractivity contribution in [1.29, 1.82) is 0 Å². The summed E-state index contributed by atoms with van der Waals surface area (Å²) in [5.41, 5.74) is 5.20. The van der Waals surface area contributed by atoms with Crippen LogP contribution in [-0.2, 0) is 5.41 Å². The monoisotopic (exact) mass is 254 g/mol. The number of benzene rings is 1. The molecule has 3 rings (SSSR count). The van der Waals surface area contributed by atoms with Crippen molar-refractivity contribution in [2.45, 2.75) is 64.2 Å². The van der Waals surface area contributed by atoms with Gasteiger partial charge in [-0.15, -0.1) is 0 Å². The minimum Gasteiger partial charge on any atom is -0.0642 e. The van der Waals surface area contributed by atoms with Gasteiger partial charge in [-0.05, 0) is 42.7 Å². The predicted molar refractivity (Wildman–Crippen MR) is 83.3 cm³/mol. The summed E-state index contributed by atoms with van der Waals surface area (Å²) in [6, 6.07) is 9.09. The molecule has 0 bridgehead atoms. The third-order valence-electron chi connectivity index (χ3n) is 5.59. The molecule has 1 fully saturated rings. The fraction of sp³-hybridized carbons (Fsp3) is 0.579. The third-order valence-corrected chi connectivity index (χ3v) is 5.59. The van der Waals surface area contributed by atoms with Gasteiger partial charge in [-0.25, -0.2) is 0 Å². The molecule has 0 unspecified atom stereocenters. The Labute approximate surface area is 117 Å². The molecule has 1 aromatic rings. The molecule has 2 aliphatic rings. The summed E-state index contributed by atoms with van der Waals surface area (Å²) in [6.45, 7) is 4.75. The SMILES string of the molecule is CCC1(CC)C(C2CCCCC2)=Cc2ccccc21. The smallest absolute Gasteiger partial charge is 0.0168 e. The maximum absolute atomic E-state index is 2.54.